The minimum atomic E-state index is -3.89. The van der Waals surface area contributed by atoms with Crippen molar-refractivity contribution in [1.29, 1.82) is 0 Å². The van der Waals surface area contributed by atoms with Crippen molar-refractivity contribution in [3.05, 3.63) is 24.3 Å². The molecule has 0 unspecified atom stereocenters. The quantitative estimate of drug-likeness (QED) is 0.756. The second kappa shape index (κ2) is 7.16. The SMILES string of the molecule is C[C@H](NS(=O)(=O)c1ccc(N2C(=O)CCC2=O)cc1)C(=O)N1CCCC1. The third kappa shape index (κ3) is 3.63. The number of sulfonamides is 1. The molecule has 8 nitrogen and oxygen atoms in total. The summed E-state index contributed by atoms with van der Waals surface area (Å²) in [5.74, 6) is -0.835. The van der Waals surface area contributed by atoms with Crippen LogP contribution in [0.4, 0.5) is 5.69 Å². The van der Waals surface area contributed by atoms with E-state index in [1.165, 1.54) is 31.2 Å². The predicted molar refractivity (Wildman–Crippen MR) is 93.8 cm³/mol. The van der Waals surface area contributed by atoms with Crippen LogP contribution in [0.1, 0.15) is 32.6 Å². The van der Waals surface area contributed by atoms with E-state index in [0.717, 1.165) is 17.7 Å². The van der Waals surface area contributed by atoms with Gasteiger partial charge < -0.3 is 4.90 Å². The molecule has 140 valence electrons. The summed E-state index contributed by atoms with van der Waals surface area (Å²) in [7, 11) is -3.89. The lowest BCUT2D eigenvalue weighted by Gasteiger charge is -2.21. The maximum atomic E-state index is 12.5. The fraction of sp³-hybridized carbons (Fsp3) is 0.471. The molecule has 3 rings (SSSR count). The van der Waals surface area contributed by atoms with E-state index >= 15 is 0 Å². The van der Waals surface area contributed by atoms with Gasteiger partial charge in [0.05, 0.1) is 16.6 Å². The topological polar surface area (TPSA) is 104 Å². The molecular weight excluding hydrogens is 358 g/mol. The Morgan fingerprint density at radius 2 is 1.58 bits per heavy atom. The van der Waals surface area contributed by atoms with Crippen LogP contribution in [-0.4, -0.2) is 50.2 Å². The molecule has 0 aliphatic carbocycles. The first-order valence-corrected chi connectivity index (χ1v) is 10.0. The van der Waals surface area contributed by atoms with E-state index in [-0.39, 0.29) is 35.5 Å². The molecule has 0 saturated carbocycles. The van der Waals surface area contributed by atoms with Crippen molar-refractivity contribution >= 4 is 33.4 Å². The van der Waals surface area contributed by atoms with E-state index in [2.05, 4.69) is 4.72 Å². The van der Waals surface area contributed by atoms with Crippen LogP contribution in [0.15, 0.2) is 29.2 Å². The van der Waals surface area contributed by atoms with E-state index in [1.54, 1.807) is 4.90 Å². The predicted octanol–water partition coefficient (Wildman–Crippen LogP) is 0.629. The maximum absolute atomic E-state index is 12.5. The number of benzene rings is 1. The summed E-state index contributed by atoms with van der Waals surface area (Å²) < 4.78 is 27.4. The van der Waals surface area contributed by atoms with Gasteiger partial charge in [0.25, 0.3) is 0 Å². The van der Waals surface area contributed by atoms with Crippen LogP contribution in [0, 0.1) is 0 Å². The number of carbonyl (C=O) groups excluding carboxylic acids is 3. The monoisotopic (exact) mass is 379 g/mol. The Balaban J connectivity index is 1.72. The van der Waals surface area contributed by atoms with Gasteiger partial charge in [-0.15, -0.1) is 0 Å². The molecule has 1 N–H and O–H groups in total. The molecule has 2 aliphatic heterocycles. The summed E-state index contributed by atoms with van der Waals surface area (Å²) in [6.07, 6.45) is 2.19. The summed E-state index contributed by atoms with van der Waals surface area (Å²) in [5, 5.41) is 0. The van der Waals surface area contributed by atoms with Gasteiger partial charge in [-0.05, 0) is 44.0 Å². The summed E-state index contributed by atoms with van der Waals surface area (Å²) in [5.41, 5.74) is 0.345. The molecule has 0 aromatic heterocycles. The Morgan fingerprint density at radius 1 is 1.04 bits per heavy atom. The first-order chi connectivity index (χ1) is 12.3. The lowest BCUT2D eigenvalue weighted by Crippen LogP contribution is -2.45. The molecule has 1 atom stereocenters. The van der Waals surface area contributed by atoms with Crippen molar-refractivity contribution in [2.75, 3.05) is 18.0 Å². The molecule has 2 heterocycles. The summed E-state index contributed by atoms with van der Waals surface area (Å²) in [4.78, 5) is 38.4. The van der Waals surface area contributed by atoms with Crippen LogP contribution in [-0.2, 0) is 24.4 Å². The lowest BCUT2D eigenvalue weighted by molar-refractivity contribution is -0.131. The summed E-state index contributed by atoms with van der Waals surface area (Å²) >= 11 is 0. The molecule has 9 heteroatoms. The van der Waals surface area contributed by atoms with Crippen molar-refractivity contribution in [3.63, 3.8) is 0 Å². The molecule has 0 bridgehead atoms. The fourth-order valence-corrected chi connectivity index (χ4v) is 4.40. The number of hydrogen-bond acceptors (Lipinski definition) is 5. The van der Waals surface area contributed by atoms with E-state index < -0.39 is 16.1 Å². The molecule has 2 aliphatic rings. The van der Waals surface area contributed by atoms with E-state index in [4.69, 9.17) is 0 Å². The van der Waals surface area contributed by atoms with Crippen molar-refractivity contribution in [3.8, 4) is 0 Å². The summed E-state index contributed by atoms with van der Waals surface area (Å²) in [6, 6.07) is 4.62. The third-order valence-electron chi connectivity index (χ3n) is 4.58. The van der Waals surface area contributed by atoms with Crippen LogP contribution in [0.25, 0.3) is 0 Å². The number of rotatable bonds is 5. The first kappa shape index (κ1) is 18.5. The molecule has 2 fully saturated rings. The van der Waals surface area contributed by atoms with Gasteiger partial charge in [0.2, 0.25) is 27.7 Å². The molecule has 1 aromatic rings. The molecule has 26 heavy (non-hydrogen) atoms. The zero-order valence-corrected chi connectivity index (χ0v) is 15.3. The van der Waals surface area contributed by atoms with E-state index in [9.17, 15) is 22.8 Å². The van der Waals surface area contributed by atoms with Gasteiger partial charge in [-0.1, -0.05) is 0 Å². The lowest BCUT2D eigenvalue weighted by atomic mass is 10.3. The number of hydrogen-bond donors (Lipinski definition) is 1. The van der Waals surface area contributed by atoms with Gasteiger partial charge in [0.15, 0.2) is 0 Å². The smallest absolute Gasteiger partial charge is 0.241 e. The van der Waals surface area contributed by atoms with Crippen molar-refractivity contribution < 1.29 is 22.8 Å². The van der Waals surface area contributed by atoms with Gasteiger partial charge in [-0.3, -0.25) is 19.3 Å². The molecule has 2 saturated heterocycles. The normalized spacial score (nSPS) is 19.3. The van der Waals surface area contributed by atoms with Gasteiger partial charge in [-0.2, -0.15) is 4.72 Å². The van der Waals surface area contributed by atoms with Crippen LogP contribution in [0.5, 0.6) is 0 Å². The average molecular weight is 379 g/mol. The number of amides is 3. The minimum Gasteiger partial charge on any atom is -0.341 e. The first-order valence-electron chi connectivity index (χ1n) is 8.56. The Morgan fingerprint density at radius 3 is 2.12 bits per heavy atom. The van der Waals surface area contributed by atoms with Crippen molar-refractivity contribution in [2.45, 2.75) is 43.5 Å². The van der Waals surface area contributed by atoms with Crippen LogP contribution < -0.4 is 9.62 Å². The Kier molecular flexibility index (Phi) is 5.10. The second-order valence-corrected chi connectivity index (χ2v) is 8.21. The van der Waals surface area contributed by atoms with Crippen molar-refractivity contribution in [1.82, 2.24) is 9.62 Å². The second-order valence-electron chi connectivity index (χ2n) is 6.49. The maximum Gasteiger partial charge on any atom is 0.241 e. The molecule has 0 spiro atoms. The molecule has 1 aromatic carbocycles. The molecular formula is C17H21N3O5S. The standard InChI is InChI=1S/C17H21N3O5S/c1-12(17(23)19-10-2-3-11-19)18-26(24,25)14-6-4-13(5-7-14)20-15(21)8-9-16(20)22/h4-7,12,18H,2-3,8-11H2,1H3/t12-/m0/s1. The zero-order chi connectivity index (χ0) is 18.9. The number of nitrogens with zero attached hydrogens (tertiary/aromatic N) is 2. The highest BCUT2D eigenvalue weighted by molar-refractivity contribution is 7.89. The zero-order valence-electron chi connectivity index (χ0n) is 14.5. The van der Waals surface area contributed by atoms with Crippen LogP contribution in [0.2, 0.25) is 0 Å². The largest absolute Gasteiger partial charge is 0.341 e. The van der Waals surface area contributed by atoms with E-state index in [1.807, 2.05) is 0 Å². The van der Waals surface area contributed by atoms with Gasteiger partial charge in [0.1, 0.15) is 0 Å². The van der Waals surface area contributed by atoms with Gasteiger partial charge in [0, 0.05) is 25.9 Å². The Labute approximate surface area is 152 Å². The van der Waals surface area contributed by atoms with Crippen LogP contribution >= 0.6 is 0 Å². The third-order valence-corrected chi connectivity index (χ3v) is 6.13. The highest BCUT2D eigenvalue weighted by Crippen LogP contribution is 2.24. The van der Waals surface area contributed by atoms with Crippen molar-refractivity contribution in [2.24, 2.45) is 0 Å². The number of imide groups is 1. The number of carbonyl (C=O) groups is 3. The number of anilines is 1. The molecule has 0 radical (unpaired) electrons. The minimum absolute atomic E-state index is 0.0265. The summed E-state index contributed by atoms with van der Waals surface area (Å²) in [6.45, 7) is 2.82. The number of likely N-dealkylation sites (tertiary alicyclic amines) is 1. The molecule has 3 amide bonds. The fourth-order valence-electron chi connectivity index (χ4n) is 3.20. The van der Waals surface area contributed by atoms with Gasteiger partial charge >= 0.3 is 0 Å². The highest BCUT2D eigenvalue weighted by atomic mass is 32.2. The van der Waals surface area contributed by atoms with Gasteiger partial charge in [-0.25, -0.2) is 8.42 Å². The van der Waals surface area contributed by atoms with E-state index in [0.29, 0.717) is 18.8 Å². The highest BCUT2D eigenvalue weighted by Gasteiger charge is 2.31. The number of nitrogens with one attached hydrogen (secondary N) is 1. The average Bonchev–Trinajstić information content (AvgIpc) is 3.24. The Bertz CT molecular complexity index is 812. The Hall–Kier alpha value is -2.26. The van der Waals surface area contributed by atoms with Crippen LogP contribution in [0.3, 0.4) is 0 Å².